The van der Waals surface area contributed by atoms with Crippen LogP contribution in [0.25, 0.3) is 0 Å². The van der Waals surface area contributed by atoms with E-state index >= 15 is 0 Å². The molecular formula is C37H64N4O12S. The first-order valence-electron chi connectivity index (χ1n) is 19.6. The van der Waals surface area contributed by atoms with Crippen LogP contribution in [0.2, 0.25) is 0 Å². The van der Waals surface area contributed by atoms with Gasteiger partial charge < -0.3 is 49.2 Å². The van der Waals surface area contributed by atoms with Crippen LogP contribution in [0.3, 0.4) is 0 Å². The second-order valence-corrected chi connectivity index (χ2v) is 14.9. The van der Waals surface area contributed by atoms with Crippen LogP contribution in [0.1, 0.15) is 96.8 Å². The molecule has 2 aliphatic heterocycles. The SMILES string of the molecule is CCCC(=O)OCCCCOC(=O)CCN(CCCO)CCC(=O)OCCCCOC(=O)CCN(C)CCCOC(=O)CCC[C@@H]1SC[C@@H]2NC(=O)N[C@@H]21. The fourth-order valence-corrected chi connectivity index (χ4v) is 7.39. The quantitative estimate of drug-likeness (QED) is 0.0389. The van der Waals surface area contributed by atoms with E-state index in [4.69, 9.17) is 23.7 Å². The van der Waals surface area contributed by atoms with Gasteiger partial charge in [-0.05, 0) is 64.8 Å². The molecule has 2 aliphatic rings. The van der Waals surface area contributed by atoms with Crippen LogP contribution in [0.5, 0.6) is 0 Å². The summed E-state index contributed by atoms with van der Waals surface area (Å²) in [4.78, 5) is 75.4. The Balaban J connectivity index is 1.41. The van der Waals surface area contributed by atoms with E-state index in [2.05, 4.69) is 10.6 Å². The van der Waals surface area contributed by atoms with Gasteiger partial charge in [-0.1, -0.05) is 6.92 Å². The second-order valence-electron chi connectivity index (χ2n) is 13.6. The third-order valence-corrected chi connectivity index (χ3v) is 10.4. The molecular weight excluding hydrogens is 724 g/mol. The fourth-order valence-electron chi connectivity index (χ4n) is 5.85. The number of urea groups is 1. The standard InChI is InChI=1S/C37H64N4O12S/c1-3-11-31(43)49-23-4-5-25-51-34(46)15-20-41(18-9-22-42)21-16-35(47)52-26-7-6-24-50-33(45)14-19-40(2)17-10-27-53-32(44)13-8-12-30-36-29(28-54-30)38-37(48)39-36/h29-30,36,42H,3-28H2,1-2H3,(H2,38,39,48)/t29-,30-,36-/m0/s1. The minimum absolute atomic E-state index is 0.000509. The van der Waals surface area contributed by atoms with E-state index in [0.717, 1.165) is 25.0 Å². The van der Waals surface area contributed by atoms with E-state index in [9.17, 15) is 33.9 Å². The van der Waals surface area contributed by atoms with Gasteiger partial charge in [0.15, 0.2) is 0 Å². The van der Waals surface area contributed by atoms with Crippen LogP contribution in [0.4, 0.5) is 4.79 Å². The Kier molecular flexibility index (Phi) is 25.4. The maximum atomic E-state index is 12.3. The number of carbonyl (C=O) groups is 6. The highest BCUT2D eigenvalue weighted by atomic mass is 32.2. The number of esters is 5. The summed E-state index contributed by atoms with van der Waals surface area (Å²) in [5, 5.41) is 15.4. The van der Waals surface area contributed by atoms with Crippen molar-refractivity contribution in [2.24, 2.45) is 0 Å². The Labute approximate surface area is 324 Å². The Bertz CT molecular complexity index is 1130. The lowest BCUT2D eigenvalue weighted by Gasteiger charge is -2.21. The molecule has 16 nitrogen and oxygen atoms in total. The van der Waals surface area contributed by atoms with Crippen molar-refractivity contribution in [3.05, 3.63) is 0 Å². The minimum Gasteiger partial charge on any atom is -0.466 e. The van der Waals surface area contributed by atoms with Crippen molar-refractivity contribution in [3.8, 4) is 0 Å². The van der Waals surface area contributed by atoms with Gasteiger partial charge in [0.05, 0.1) is 64.4 Å². The normalized spacial score (nSPS) is 17.5. The molecule has 2 saturated heterocycles. The number of nitrogens with zero attached hydrogens (tertiary/aromatic N) is 2. The van der Waals surface area contributed by atoms with Gasteiger partial charge in [0, 0.05) is 63.2 Å². The topological polar surface area (TPSA) is 199 Å². The Hall–Kier alpha value is -3.15. The van der Waals surface area contributed by atoms with E-state index < -0.39 is 0 Å². The number of hydrogen-bond donors (Lipinski definition) is 3. The van der Waals surface area contributed by atoms with E-state index in [1.165, 1.54) is 0 Å². The maximum absolute atomic E-state index is 12.3. The van der Waals surface area contributed by atoms with Gasteiger partial charge in [-0.25, -0.2) is 4.79 Å². The number of thioether (sulfide) groups is 1. The number of aliphatic hydroxyl groups excluding tert-OH is 1. The van der Waals surface area contributed by atoms with Crippen LogP contribution >= 0.6 is 11.8 Å². The number of carbonyl (C=O) groups excluding carboxylic acids is 6. The lowest BCUT2D eigenvalue weighted by atomic mass is 10.0. The Morgan fingerprint density at radius 1 is 0.648 bits per heavy atom. The van der Waals surface area contributed by atoms with Crippen molar-refractivity contribution in [1.29, 1.82) is 0 Å². The van der Waals surface area contributed by atoms with E-state index in [-0.39, 0.29) is 93.7 Å². The lowest BCUT2D eigenvalue weighted by molar-refractivity contribution is -0.147. The zero-order valence-corrected chi connectivity index (χ0v) is 33.2. The van der Waals surface area contributed by atoms with Gasteiger partial charge in [-0.3, -0.25) is 24.0 Å². The number of nitrogens with one attached hydrogen (secondary N) is 2. The first kappa shape index (κ1) is 47.0. The first-order valence-corrected chi connectivity index (χ1v) is 20.6. The third kappa shape index (κ3) is 22.3. The molecule has 2 heterocycles. The highest BCUT2D eigenvalue weighted by Gasteiger charge is 2.42. The van der Waals surface area contributed by atoms with E-state index in [1.807, 2.05) is 35.5 Å². The van der Waals surface area contributed by atoms with Gasteiger partial charge in [0.2, 0.25) is 0 Å². The maximum Gasteiger partial charge on any atom is 0.315 e. The molecule has 3 N–H and O–H groups in total. The van der Waals surface area contributed by atoms with Crippen LogP contribution in [-0.2, 0) is 47.7 Å². The van der Waals surface area contributed by atoms with Crippen molar-refractivity contribution < 1.29 is 57.6 Å². The monoisotopic (exact) mass is 788 g/mol. The molecule has 0 aromatic carbocycles. The zero-order chi connectivity index (χ0) is 39.4. The molecule has 0 bridgehead atoms. The molecule has 0 aromatic rings. The summed E-state index contributed by atoms with van der Waals surface area (Å²) in [5.41, 5.74) is 0. The van der Waals surface area contributed by atoms with Gasteiger partial charge >= 0.3 is 35.9 Å². The molecule has 2 rings (SSSR count). The van der Waals surface area contributed by atoms with Crippen molar-refractivity contribution in [3.63, 3.8) is 0 Å². The van der Waals surface area contributed by atoms with Crippen LogP contribution in [0.15, 0.2) is 0 Å². The number of amides is 2. The summed E-state index contributed by atoms with van der Waals surface area (Å²) in [7, 11) is 1.90. The average molecular weight is 789 g/mol. The average Bonchev–Trinajstić information content (AvgIpc) is 3.70. The molecule has 0 aliphatic carbocycles. The third-order valence-electron chi connectivity index (χ3n) is 8.93. The molecule has 0 aromatic heterocycles. The van der Waals surface area contributed by atoms with E-state index in [1.54, 1.807) is 0 Å². The summed E-state index contributed by atoms with van der Waals surface area (Å²) in [5.74, 6) is -0.556. The molecule has 2 fully saturated rings. The molecule has 0 radical (unpaired) electrons. The summed E-state index contributed by atoms with van der Waals surface area (Å²) >= 11 is 1.83. The molecule has 54 heavy (non-hydrogen) atoms. The molecule has 310 valence electrons. The number of ether oxygens (including phenoxy) is 5. The lowest BCUT2D eigenvalue weighted by Crippen LogP contribution is -2.36. The van der Waals surface area contributed by atoms with Crippen molar-refractivity contribution in [1.82, 2.24) is 20.4 Å². The number of rotatable bonds is 32. The summed E-state index contributed by atoms with van der Waals surface area (Å²) in [6.07, 6.45) is 7.12. The summed E-state index contributed by atoms with van der Waals surface area (Å²) < 4.78 is 26.3. The summed E-state index contributed by atoms with van der Waals surface area (Å²) in [6, 6.07) is 0.211. The number of hydrogen-bond acceptors (Lipinski definition) is 15. The second kappa shape index (κ2) is 29.2. The fraction of sp³-hybridized carbons (Fsp3) is 0.838. The minimum atomic E-state index is -0.364. The first-order chi connectivity index (χ1) is 26.1. The Morgan fingerprint density at radius 3 is 1.69 bits per heavy atom. The Morgan fingerprint density at radius 2 is 1.15 bits per heavy atom. The van der Waals surface area contributed by atoms with Crippen LogP contribution in [0, 0.1) is 0 Å². The highest BCUT2D eigenvalue weighted by Crippen LogP contribution is 2.33. The number of fused-ring (bicyclic) bond motifs is 1. The predicted octanol–water partition coefficient (Wildman–Crippen LogP) is 2.58. The molecule has 17 heteroatoms. The van der Waals surface area contributed by atoms with Gasteiger partial charge in [0.1, 0.15) is 0 Å². The zero-order valence-electron chi connectivity index (χ0n) is 32.4. The van der Waals surface area contributed by atoms with Crippen molar-refractivity contribution in [2.75, 3.05) is 85.2 Å². The molecule has 0 spiro atoms. The van der Waals surface area contributed by atoms with Gasteiger partial charge in [-0.15, -0.1) is 0 Å². The van der Waals surface area contributed by atoms with Gasteiger partial charge in [0.25, 0.3) is 0 Å². The van der Waals surface area contributed by atoms with Crippen LogP contribution < -0.4 is 10.6 Å². The van der Waals surface area contributed by atoms with Gasteiger partial charge in [-0.2, -0.15) is 11.8 Å². The predicted molar refractivity (Wildman–Crippen MR) is 202 cm³/mol. The summed E-state index contributed by atoms with van der Waals surface area (Å²) in [6.45, 7) is 5.73. The number of unbranched alkanes of at least 4 members (excludes halogenated alkanes) is 2. The van der Waals surface area contributed by atoms with E-state index in [0.29, 0.717) is 103 Å². The smallest absolute Gasteiger partial charge is 0.315 e. The number of aliphatic hydroxyl groups is 1. The van der Waals surface area contributed by atoms with Crippen LogP contribution in [-0.4, -0.2) is 153 Å². The highest BCUT2D eigenvalue weighted by molar-refractivity contribution is 8.00. The molecule has 3 atom stereocenters. The van der Waals surface area contributed by atoms with Crippen molar-refractivity contribution in [2.45, 2.75) is 114 Å². The molecule has 2 amide bonds. The largest absolute Gasteiger partial charge is 0.466 e. The van der Waals surface area contributed by atoms with Crippen molar-refractivity contribution >= 4 is 47.6 Å². The molecule has 0 unspecified atom stereocenters. The molecule has 0 saturated carbocycles.